The minimum Gasteiger partial charge on any atom is -0.480 e. The molecule has 120 valence electrons. The highest BCUT2D eigenvalue weighted by Crippen LogP contribution is 2.20. The van der Waals surface area contributed by atoms with E-state index in [0.717, 1.165) is 4.57 Å². The molecule has 0 radical (unpaired) electrons. The fourth-order valence-electron chi connectivity index (χ4n) is 1.89. The van der Waals surface area contributed by atoms with E-state index in [0.29, 0.717) is 31.8 Å². The summed E-state index contributed by atoms with van der Waals surface area (Å²) in [6.07, 6.45) is 2.44. The summed E-state index contributed by atoms with van der Waals surface area (Å²) in [4.78, 5) is 42.3. The second kappa shape index (κ2) is 7.26. The van der Waals surface area contributed by atoms with Crippen molar-refractivity contribution in [1.82, 2.24) is 4.57 Å². The van der Waals surface area contributed by atoms with Crippen molar-refractivity contribution >= 4 is 17.3 Å². The largest absolute Gasteiger partial charge is 0.480 e. The molecule has 0 bridgehead atoms. The van der Waals surface area contributed by atoms with Gasteiger partial charge in [-0.2, -0.15) is 0 Å². The van der Waals surface area contributed by atoms with Gasteiger partial charge in [-0.1, -0.05) is 0 Å². The number of hydrogen-bond acceptors (Lipinski definition) is 7. The number of aromatic nitrogens is 1. The van der Waals surface area contributed by atoms with Crippen LogP contribution in [0.3, 0.4) is 0 Å². The number of carboxylic acids is 1. The van der Waals surface area contributed by atoms with E-state index in [1.807, 2.05) is 0 Å². The molecular formula is C11H14N4O7. The fraction of sp³-hybridized carbons (Fsp3) is 0.455. The molecule has 1 heterocycles. The maximum absolute atomic E-state index is 11.6. The smallest absolute Gasteiger partial charge is 0.339 e. The standard InChI is InChI=1S/C11H14N4O7/c12-4-2-1-3-7(11(17)18)13-5-8(14(19)20)10(16)9(6-13)15(21)22/h5-7H,1-4,12H2,(H,17,18)/t7-/m1/s1. The van der Waals surface area contributed by atoms with Crippen molar-refractivity contribution in [2.24, 2.45) is 5.73 Å². The molecule has 0 saturated carbocycles. The number of hydrogen-bond donors (Lipinski definition) is 2. The normalized spacial score (nSPS) is 11.9. The Hall–Kier alpha value is -2.82. The number of carboxylic acid groups (broad SMARTS) is 1. The van der Waals surface area contributed by atoms with E-state index < -0.39 is 38.7 Å². The van der Waals surface area contributed by atoms with Crippen molar-refractivity contribution in [2.75, 3.05) is 6.54 Å². The summed E-state index contributed by atoms with van der Waals surface area (Å²) in [5, 5.41) is 30.8. The van der Waals surface area contributed by atoms with E-state index in [4.69, 9.17) is 5.73 Å². The van der Waals surface area contributed by atoms with E-state index >= 15 is 0 Å². The predicted octanol–water partition coefficient (Wildman–Crippen LogP) is 0.419. The third-order valence-corrected chi connectivity index (χ3v) is 2.98. The van der Waals surface area contributed by atoms with E-state index in [-0.39, 0.29) is 6.42 Å². The zero-order valence-corrected chi connectivity index (χ0v) is 11.4. The molecule has 0 aliphatic carbocycles. The monoisotopic (exact) mass is 314 g/mol. The van der Waals surface area contributed by atoms with Crippen LogP contribution in [0, 0.1) is 20.2 Å². The first-order chi connectivity index (χ1) is 10.3. The van der Waals surface area contributed by atoms with Crippen molar-refractivity contribution in [3.05, 3.63) is 42.8 Å². The Labute approximate surface area is 123 Å². The maximum atomic E-state index is 11.6. The summed E-state index contributed by atoms with van der Waals surface area (Å²) in [5.41, 5.74) is 1.85. The van der Waals surface area contributed by atoms with Gasteiger partial charge in [-0.15, -0.1) is 0 Å². The third-order valence-electron chi connectivity index (χ3n) is 2.98. The molecule has 1 rings (SSSR count). The number of pyridine rings is 1. The van der Waals surface area contributed by atoms with Crippen molar-refractivity contribution in [1.29, 1.82) is 0 Å². The maximum Gasteiger partial charge on any atom is 0.339 e. The van der Waals surface area contributed by atoms with Crippen LogP contribution in [0.5, 0.6) is 0 Å². The topological polar surface area (TPSA) is 172 Å². The molecule has 11 heteroatoms. The lowest BCUT2D eigenvalue weighted by molar-refractivity contribution is -0.397. The molecule has 0 spiro atoms. The summed E-state index contributed by atoms with van der Waals surface area (Å²) in [5.74, 6) is -1.32. The lowest BCUT2D eigenvalue weighted by Gasteiger charge is -2.15. The highest BCUT2D eigenvalue weighted by atomic mass is 16.6. The number of carbonyl (C=O) groups is 1. The van der Waals surface area contributed by atoms with Crippen LogP contribution in [0.2, 0.25) is 0 Å². The fourth-order valence-corrected chi connectivity index (χ4v) is 1.89. The van der Waals surface area contributed by atoms with Gasteiger partial charge in [-0.05, 0) is 25.8 Å². The summed E-state index contributed by atoms with van der Waals surface area (Å²) < 4.78 is 0.816. The molecular weight excluding hydrogens is 300 g/mol. The second-order valence-corrected chi connectivity index (χ2v) is 4.46. The molecule has 22 heavy (non-hydrogen) atoms. The molecule has 0 unspecified atom stereocenters. The Bertz CT molecular complexity index is 616. The Balaban J connectivity index is 3.37. The van der Waals surface area contributed by atoms with E-state index in [9.17, 15) is 34.9 Å². The minimum atomic E-state index is -1.36. The van der Waals surface area contributed by atoms with Crippen molar-refractivity contribution in [3.8, 4) is 0 Å². The molecule has 0 aromatic carbocycles. The number of nitro groups is 2. The lowest BCUT2D eigenvalue weighted by atomic mass is 10.1. The summed E-state index contributed by atoms with van der Waals surface area (Å²) in [6.45, 7) is 0.344. The molecule has 0 aliphatic rings. The molecule has 11 nitrogen and oxygen atoms in total. The summed E-state index contributed by atoms with van der Waals surface area (Å²) >= 11 is 0. The average Bonchev–Trinajstić information content (AvgIpc) is 2.43. The van der Waals surface area contributed by atoms with Crippen molar-refractivity contribution < 1.29 is 19.7 Å². The molecule has 1 aromatic rings. The van der Waals surface area contributed by atoms with Gasteiger partial charge >= 0.3 is 22.8 Å². The first-order valence-electron chi connectivity index (χ1n) is 6.27. The van der Waals surface area contributed by atoms with Gasteiger partial charge in [-0.3, -0.25) is 25.0 Å². The highest BCUT2D eigenvalue weighted by Gasteiger charge is 2.28. The van der Waals surface area contributed by atoms with Gasteiger partial charge in [0.25, 0.3) is 0 Å². The molecule has 0 saturated heterocycles. The van der Waals surface area contributed by atoms with E-state index in [1.165, 1.54) is 0 Å². The first-order valence-corrected chi connectivity index (χ1v) is 6.27. The van der Waals surface area contributed by atoms with Crippen LogP contribution in [-0.4, -0.2) is 32.0 Å². The van der Waals surface area contributed by atoms with Crippen LogP contribution in [-0.2, 0) is 4.79 Å². The number of nitrogens with two attached hydrogens (primary N) is 1. The Morgan fingerprint density at radius 3 is 2.09 bits per heavy atom. The Morgan fingerprint density at radius 2 is 1.73 bits per heavy atom. The quantitative estimate of drug-likeness (QED) is 0.394. The molecule has 0 amide bonds. The minimum absolute atomic E-state index is 0.0731. The second-order valence-electron chi connectivity index (χ2n) is 4.46. The van der Waals surface area contributed by atoms with Gasteiger partial charge in [0.05, 0.1) is 22.2 Å². The van der Waals surface area contributed by atoms with Gasteiger partial charge in [0, 0.05) is 0 Å². The zero-order valence-electron chi connectivity index (χ0n) is 11.4. The van der Waals surface area contributed by atoms with Crippen LogP contribution in [0.25, 0.3) is 0 Å². The van der Waals surface area contributed by atoms with Crippen LogP contribution in [0.4, 0.5) is 11.4 Å². The zero-order chi connectivity index (χ0) is 16.9. The van der Waals surface area contributed by atoms with Crippen LogP contribution < -0.4 is 11.2 Å². The van der Waals surface area contributed by atoms with E-state index in [1.54, 1.807) is 0 Å². The lowest BCUT2D eigenvalue weighted by Crippen LogP contribution is -2.23. The van der Waals surface area contributed by atoms with Crippen LogP contribution >= 0.6 is 0 Å². The third kappa shape index (κ3) is 3.85. The predicted molar refractivity (Wildman–Crippen MR) is 73.6 cm³/mol. The molecule has 3 N–H and O–H groups in total. The van der Waals surface area contributed by atoms with Crippen LogP contribution in [0.1, 0.15) is 25.3 Å². The number of aliphatic carboxylic acids is 1. The van der Waals surface area contributed by atoms with Crippen LogP contribution in [0.15, 0.2) is 17.2 Å². The number of unbranched alkanes of at least 4 members (excludes halogenated alkanes) is 1. The Kier molecular flexibility index (Phi) is 5.69. The molecule has 0 aliphatic heterocycles. The first kappa shape index (κ1) is 17.2. The average molecular weight is 314 g/mol. The highest BCUT2D eigenvalue weighted by molar-refractivity contribution is 5.72. The summed E-state index contributed by atoms with van der Waals surface area (Å²) in [6, 6.07) is -1.26. The van der Waals surface area contributed by atoms with Crippen molar-refractivity contribution in [3.63, 3.8) is 0 Å². The number of rotatable bonds is 8. The van der Waals surface area contributed by atoms with Gasteiger partial charge < -0.3 is 15.4 Å². The SMILES string of the molecule is NCCCC[C@H](C(=O)O)n1cc([N+](=O)[O-])c(=O)c([N+](=O)[O-])c1. The van der Waals surface area contributed by atoms with Gasteiger partial charge in [-0.25, -0.2) is 4.79 Å². The summed E-state index contributed by atoms with van der Waals surface area (Å²) in [7, 11) is 0. The van der Waals surface area contributed by atoms with Crippen molar-refractivity contribution in [2.45, 2.75) is 25.3 Å². The van der Waals surface area contributed by atoms with Gasteiger partial charge in [0.15, 0.2) is 0 Å². The molecule has 0 fully saturated rings. The van der Waals surface area contributed by atoms with Gasteiger partial charge in [0.2, 0.25) is 0 Å². The van der Waals surface area contributed by atoms with E-state index in [2.05, 4.69) is 0 Å². The van der Waals surface area contributed by atoms with Gasteiger partial charge in [0.1, 0.15) is 6.04 Å². The number of nitrogens with zero attached hydrogens (tertiary/aromatic N) is 3. The Morgan fingerprint density at radius 1 is 1.23 bits per heavy atom. The molecule has 1 aromatic heterocycles. The molecule has 1 atom stereocenters.